The van der Waals surface area contributed by atoms with Crippen LogP contribution in [0.2, 0.25) is 0 Å². The molecular formula is C17H16N4O2. The Kier molecular flexibility index (Phi) is 4.33. The minimum atomic E-state index is -0.606. The van der Waals surface area contributed by atoms with Gasteiger partial charge in [0.15, 0.2) is 6.10 Å². The first-order valence-electron chi connectivity index (χ1n) is 7.19. The Balaban J connectivity index is 1.61. The molecule has 3 rings (SSSR count). The molecule has 116 valence electrons. The molecule has 0 aliphatic heterocycles. The third-order valence-electron chi connectivity index (χ3n) is 3.21. The number of nitrogens with zero attached hydrogens (tertiary/aromatic N) is 3. The Morgan fingerprint density at radius 1 is 1.22 bits per heavy atom. The van der Waals surface area contributed by atoms with Gasteiger partial charge in [-0.3, -0.25) is 9.36 Å². The van der Waals surface area contributed by atoms with Crippen molar-refractivity contribution in [2.45, 2.75) is 13.0 Å². The monoisotopic (exact) mass is 308 g/mol. The normalized spacial score (nSPS) is 11.7. The van der Waals surface area contributed by atoms with Crippen molar-refractivity contribution in [3.8, 4) is 11.6 Å². The Morgan fingerprint density at radius 2 is 2.04 bits per heavy atom. The minimum Gasteiger partial charge on any atom is -0.481 e. The van der Waals surface area contributed by atoms with Crippen molar-refractivity contribution in [1.29, 1.82) is 0 Å². The lowest BCUT2D eigenvalue weighted by molar-refractivity contribution is -0.122. The van der Waals surface area contributed by atoms with Crippen LogP contribution in [0.5, 0.6) is 5.75 Å². The van der Waals surface area contributed by atoms with Crippen molar-refractivity contribution in [3.63, 3.8) is 0 Å². The molecule has 0 radical (unpaired) electrons. The van der Waals surface area contributed by atoms with Gasteiger partial charge in [0.25, 0.3) is 5.91 Å². The Morgan fingerprint density at radius 3 is 2.70 bits per heavy atom. The minimum absolute atomic E-state index is 0.231. The highest BCUT2D eigenvalue weighted by atomic mass is 16.5. The highest BCUT2D eigenvalue weighted by Gasteiger charge is 2.14. The van der Waals surface area contributed by atoms with E-state index >= 15 is 0 Å². The van der Waals surface area contributed by atoms with Gasteiger partial charge in [0.05, 0.1) is 11.9 Å². The van der Waals surface area contributed by atoms with Crippen LogP contribution in [0, 0.1) is 0 Å². The van der Waals surface area contributed by atoms with Crippen LogP contribution in [0.3, 0.4) is 0 Å². The second-order valence-electron chi connectivity index (χ2n) is 4.94. The predicted octanol–water partition coefficient (Wildman–Crippen LogP) is 2.67. The van der Waals surface area contributed by atoms with Gasteiger partial charge in [0.1, 0.15) is 17.9 Å². The van der Waals surface area contributed by atoms with E-state index in [4.69, 9.17) is 4.74 Å². The number of hydrogen-bond donors (Lipinski definition) is 1. The first kappa shape index (κ1) is 14.8. The van der Waals surface area contributed by atoms with Gasteiger partial charge in [-0.05, 0) is 31.2 Å². The van der Waals surface area contributed by atoms with Crippen molar-refractivity contribution < 1.29 is 9.53 Å². The molecular weight excluding hydrogens is 292 g/mol. The van der Waals surface area contributed by atoms with Gasteiger partial charge in [0.2, 0.25) is 0 Å². The number of rotatable bonds is 5. The molecule has 0 saturated carbocycles. The fourth-order valence-corrected chi connectivity index (χ4v) is 2.01. The molecule has 0 spiro atoms. The van der Waals surface area contributed by atoms with Gasteiger partial charge in [0, 0.05) is 12.4 Å². The quantitative estimate of drug-likeness (QED) is 0.787. The lowest BCUT2D eigenvalue weighted by atomic mass is 10.3. The van der Waals surface area contributed by atoms with Gasteiger partial charge in [-0.2, -0.15) is 0 Å². The highest BCUT2D eigenvalue weighted by Crippen LogP contribution is 2.13. The summed E-state index contributed by atoms with van der Waals surface area (Å²) in [6.45, 7) is 1.70. The van der Waals surface area contributed by atoms with E-state index in [2.05, 4.69) is 15.3 Å². The number of anilines is 1. The molecule has 6 heteroatoms. The van der Waals surface area contributed by atoms with Crippen LogP contribution in [0.4, 0.5) is 5.69 Å². The molecule has 3 aromatic rings. The second kappa shape index (κ2) is 6.74. The lowest BCUT2D eigenvalue weighted by Gasteiger charge is -2.14. The number of benzene rings is 1. The number of hydrogen-bond acceptors (Lipinski definition) is 4. The smallest absolute Gasteiger partial charge is 0.265 e. The fraction of sp³-hybridized carbons (Fsp3) is 0.118. The van der Waals surface area contributed by atoms with Gasteiger partial charge in [-0.25, -0.2) is 9.97 Å². The van der Waals surface area contributed by atoms with E-state index in [1.54, 1.807) is 48.5 Å². The molecule has 1 atom stereocenters. The maximum absolute atomic E-state index is 12.2. The molecule has 2 aromatic heterocycles. The molecule has 1 amide bonds. The van der Waals surface area contributed by atoms with Gasteiger partial charge in [-0.15, -0.1) is 0 Å². The lowest BCUT2D eigenvalue weighted by Crippen LogP contribution is -2.30. The van der Waals surface area contributed by atoms with Crippen LogP contribution in [-0.2, 0) is 4.79 Å². The van der Waals surface area contributed by atoms with Crippen LogP contribution in [0.1, 0.15) is 6.92 Å². The number of carbonyl (C=O) groups excluding carboxylic acids is 1. The third-order valence-corrected chi connectivity index (χ3v) is 3.21. The molecule has 0 aliphatic rings. The summed E-state index contributed by atoms with van der Waals surface area (Å²) in [5, 5.41) is 2.78. The molecule has 23 heavy (non-hydrogen) atoms. The number of ether oxygens (including phenoxy) is 1. The second-order valence-corrected chi connectivity index (χ2v) is 4.94. The fourth-order valence-electron chi connectivity index (χ4n) is 2.01. The molecule has 0 aliphatic carbocycles. The summed E-state index contributed by atoms with van der Waals surface area (Å²) >= 11 is 0. The summed E-state index contributed by atoms with van der Waals surface area (Å²) in [4.78, 5) is 20.4. The van der Waals surface area contributed by atoms with Gasteiger partial charge >= 0.3 is 0 Å². The summed E-state index contributed by atoms with van der Waals surface area (Å²) < 4.78 is 7.37. The average Bonchev–Trinajstić information content (AvgIpc) is 3.11. The van der Waals surface area contributed by atoms with E-state index in [-0.39, 0.29) is 5.91 Å². The zero-order valence-corrected chi connectivity index (χ0v) is 12.6. The van der Waals surface area contributed by atoms with Gasteiger partial charge in [-0.1, -0.05) is 18.2 Å². The first-order valence-corrected chi connectivity index (χ1v) is 7.19. The van der Waals surface area contributed by atoms with E-state index in [0.717, 1.165) is 5.82 Å². The predicted molar refractivity (Wildman–Crippen MR) is 86.5 cm³/mol. The summed E-state index contributed by atoms with van der Waals surface area (Å²) in [6.07, 6.45) is 6.14. The van der Waals surface area contributed by atoms with Crippen molar-refractivity contribution in [2.75, 3.05) is 5.32 Å². The topological polar surface area (TPSA) is 69.0 Å². The molecule has 6 nitrogen and oxygen atoms in total. The number of imidazole rings is 1. The van der Waals surface area contributed by atoms with Gasteiger partial charge < -0.3 is 10.1 Å². The summed E-state index contributed by atoms with van der Waals surface area (Å²) in [5.74, 6) is 1.16. The van der Waals surface area contributed by atoms with Crippen molar-refractivity contribution in [1.82, 2.24) is 14.5 Å². The van der Waals surface area contributed by atoms with Crippen LogP contribution in [-0.4, -0.2) is 26.5 Å². The first-order chi connectivity index (χ1) is 11.2. The van der Waals surface area contributed by atoms with E-state index < -0.39 is 6.10 Å². The number of pyridine rings is 1. The van der Waals surface area contributed by atoms with Crippen LogP contribution in [0.25, 0.3) is 5.82 Å². The Hall–Kier alpha value is -3.15. The average molecular weight is 308 g/mol. The Bertz CT molecular complexity index is 755. The maximum atomic E-state index is 12.2. The molecule has 1 unspecified atom stereocenters. The summed E-state index contributed by atoms with van der Waals surface area (Å²) in [5.41, 5.74) is 0.613. The van der Waals surface area contributed by atoms with Crippen LogP contribution in [0.15, 0.2) is 67.4 Å². The SMILES string of the molecule is CC(Oc1ccccc1)C(=O)Nc1ccc(-n2ccnc2)nc1. The van der Waals surface area contributed by atoms with E-state index in [9.17, 15) is 4.79 Å². The maximum Gasteiger partial charge on any atom is 0.265 e. The third kappa shape index (κ3) is 3.74. The highest BCUT2D eigenvalue weighted by molar-refractivity contribution is 5.94. The zero-order valence-electron chi connectivity index (χ0n) is 12.6. The number of carbonyl (C=O) groups is 1. The van der Waals surface area contributed by atoms with Crippen LogP contribution >= 0.6 is 0 Å². The number of aromatic nitrogens is 3. The summed E-state index contributed by atoms with van der Waals surface area (Å²) in [6, 6.07) is 12.8. The van der Waals surface area contributed by atoms with Crippen LogP contribution < -0.4 is 10.1 Å². The van der Waals surface area contributed by atoms with Crippen molar-refractivity contribution >= 4 is 11.6 Å². The summed E-state index contributed by atoms with van der Waals surface area (Å²) in [7, 11) is 0. The number of amides is 1. The largest absolute Gasteiger partial charge is 0.481 e. The van der Waals surface area contributed by atoms with Crippen molar-refractivity contribution in [3.05, 3.63) is 67.4 Å². The van der Waals surface area contributed by atoms with E-state index in [1.807, 2.05) is 30.3 Å². The number of nitrogens with one attached hydrogen (secondary N) is 1. The Labute approximate surface area is 133 Å². The molecule has 0 saturated heterocycles. The number of para-hydroxylation sites is 1. The standard InChI is InChI=1S/C17H16N4O2/c1-13(23-15-5-3-2-4-6-15)17(22)20-14-7-8-16(19-11-14)21-10-9-18-12-21/h2-13H,1H3,(H,20,22). The molecule has 2 heterocycles. The molecule has 1 aromatic carbocycles. The molecule has 0 bridgehead atoms. The van der Waals surface area contributed by atoms with E-state index in [1.165, 1.54) is 0 Å². The van der Waals surface area contributed by atoms with E-state index in [0.29, 0.717) is 11.4 Å². The van der Waals surface area contributed by atoms with Crippen molar-refractivity contribution in [2.24, 2.45) is 0 Å². The zero-order chi connectivity index (χ0) is 16.1. The molecule has 0 fully saturated rings. The molecule has 1 N–H and O–H groups in total.